The summed E-state index contributed by atoms with van der Waals surface area (Å²) in [5.74, 6) is 0. The van der Waals surface area contributed by atoms with Crippen molar-refractivity contribution in [2.45, 2.75) is 24.8 Å². The Morgan fingerprint density at radius 2 is 1.75 bits per heavy atom. The molecule has 0 spiro atoms. The Balaban J connectivity index is 2.22. The van der Waals surface area contributed by atoms with Crippen LogP contribution in [-0.2, 0) is 10.0 Å². The van der Waals surface area contributed by atoms with Crippen molar-refractivity contribution in [2.75, 3.05) is 0 Å². The minimum Gasteiger partial charge on any atom is -0.207 e. The van der Waals surface area contributed by atoms with Gasteiger partial charge in [-0.1, -0.05) is 45.8 Å². The van der Waals surface area contributed by atoms with Crippen LogP contribution in [0.3, 0.4) is 0 Å². The Bertz CT molecular complexity index is 696. The molecule has 1 atom stereocenters. The minimum absolute atomic E-state index is 0.282. The molecule has 2 rings (SSSR count). The van der Waals surface area contributed by atoms with Crippen molar-refractivity contribution in [3.63, 3.8) is 0 Å². The maximum atomic E-state index is 12.3. The van der Waals surface area contributed by atoms with Gasteiger partial charge in [-0.25, -0.2) is 13.1 Å². The number of halogens is 1. The summed E-state index contributed by atoms with van der Waals surface area (Å²) in [7, 11) is -3.50. The molecule has 0 amide bonds. The van der Waals surface area contributed by atoms with Gasteiger partial charge < -0.3 is 0 Å². The molecule has 0 bridgehead atoms. The van der Waals surface area contributed by atoms with E-state index >= 15 is 0 Å². The molecule has 2 aromatic carbocycles. The summed E-state index contributed by atoms with van der Waals surface area (Å²) in [6, 6.07) is 14.1. The minimum atomic E-state index is -3.50. The summed E-state index contributed by atoms with van der Waals surface area (Å²) in [4.78, 5) is 0.282. The molecule has 0 saturated carbocycles. The fourth-order valence-corrected chi connectivity index (χ4v) is 3.51. The summed E-state index contributed by atoms with van der Waals surface area (Å²) in [5.41, 5.74) is 1.94. The molecule has 0 saturated heterocycles. The highest BCUT2D eigenvalue weighted by molar-refractivity contribution is 9.10. The number of rotatable bonds is 4. The van der Waals surface area contributed by atoms with Crippen molar-refractivity contribution >= 4 is 26.0 Å². The van der Waals surface area contributed by atoms with Crippen LogP contribution in [0.4, 0.5) is 0 Å². The molecule has 5 heteroatoms. The van der Waals surface area contributed by atoms with Crippen LogP contribution in [0.1, 0.15) is 24.1 Å². The Morgan fingerprint density at radius 1 is 1.10 bits per heavy atom. The third-order valence-corrected chi connectivity index (χ3v) is 5.06. The van der Waals surface area contributed by atoms with Gasteiger partial charge in [0.1, 0.15) is 0 Å². The highest BCUT2D eigenvalue weighted by atomic mass is 79.9. The van der Waals surface area contributed by atoms with Gasteiger partial charge in [-0.05, 0) is 43.7 Å². The maximum absolute atomic E-state index is 12.3. The predicted molar refractivity (Wildman–Crippen MR) is 84.1 cm³/mol. The van der Waals surface area contributed by atoms with E-state index in [0.717, 1.165) is 15.6 Å². The van der Waals surface area contributed by atoms with Crippen LogP contribution in [0.5, 0.6) is 0 Å². The van der Waals surface area contributed by atoms with Gasteiger partial charge in [-0.3, -0.25) is 0 Å². The van der Waals surface area contributed by atoms with E-state index in [1.165, 1.54) is 0 Å². The highest BCUT2D eigenvalue weighted by Crippen LogP contribution is 2.20. The monoisotopic (exact) mass is 353 g/mol. The first kappa shape index (κ1) is 15.2. The van der Waals surface area contributed by atoms with Crippen LogP contribution in [0.25, 0.3) is 0 Å². The van der Waals surface area contributed by atoms with Crippen molar-refractivity contribution in [1.82, 2.24) is 4.72 Å². The van der Waals surface area contributed by atoms with Crippen LogP contribution < -0.4 is 4.72 Å². The smallest absolute Gasteiger partial charge is 0.207 e. The fourth-order valence-electron chi connectivity index (χ4n) is 1.86. The molecular formula is C15H16BrNO2S. The third kappa shape index (κ3) is 3.69. The van der Waals surface area contributed by atoms with Crippen molar-refractivity contribution in [3.8, 4) is 0 Å². The summed E-state index contributed by atoms with van der Waals surface area (Å²) < 4.78 is 28.2. The number of benzene rings is 2. The number of nitrogens with one attached hydrogen (secondary N) is 1. The Hall–Kier alpha value is -1.17. The lowest BCUT2D eigenvalue weighted by molar-refractivity contribution is 0.567. The summed E-state index contributed by atoms with van der Waals surface area (Å²) >= 11 is 3.39. The zero-order valence-electron chi connectivity index (χ0n) is 11.3. The molecule has 0 aliphatic heterocycles. The first-order chi connectivity index (χ1) is 9.38. The Morgan fingerprint density at radius 3 is 2.35 bits per heavy atom. The number of hydrogen-bond donors (Lipinski definition) is 1. The van der Waals surface area contributed by atoms with E-state index in [0.29, 0.717) is 0 Å². The van der Waals surface area contributed by atoms with Crippen molar-refractivity contribution in [3.05, 3.63) is 64.1 Å². The molecule has 0 aliphatic rings. The van der Waals surface area contributed by atoms with Crippen molar-refractivity contribution < 1.29 is 8.42 Å². The highest BCUT2D eigenvalue weighted by Gasteiger charge is 2.18. The maximum Gasteiger partial charge on any atom is 0.241 e. The molecular weight excluding hydrogens is 338 g/mol. The lowest BCUT2D eigenvalue weighted by Crippen LogP contribution is -2.26. The second kappa shape index (κ2) is 6.08. The van der Waals surface area contributed by atoms with E-state index in [-0.39, 0.29) is 10.9 Å². The molecule has 3 nitrogen and oxygen atoms in total. The first-order valence-corrected chi connectivity index (χ1v) is 8.50. The molecule has 0 heterocycles. The van der Waals surface area contributed by atoms with E-state index in [9.17, 15) is 8.42 Å². The van der Waals surface area contributed by atoms with Gasteiger partial charge in [0.05, 0.1) is 4.90 Å². The van der Waals surface area contributed by atoms with Gasteiger partial charge in [0.15, 0.2) is 0 Å². The fraction of sp³-hybridized carbons (Fsp3) is 0.200. The lowest BCUT2D eigenvalue weighted by atomic mass is 10.1. The van der Waals surface area contributed by atoms with Crippen LogP contribution in [0.2, 0.25) is 0 Å². The molecule has 1 N–H and O–H groups in total. The van der Waals surface area contributed by atoms with E-state index in [4.69, 9.17) is 0 Å². The molecule has 2 aromatic rings. The van der Waals surface area contributed by atoms with Crippen molar-refractivity contribution in [1.29, 1.82) is 0 Å². The average molecular weight is 354 g/mol. The Labute approximate surface area is 128 Å². The SMILES string of the molecule is Cc1ccc(S(=O)(=O)N[C@@H](C)c2cccc(Br)c2)cc1. The number of hydrogen-bond acceptors (Lipinski definition) is 2. The van der Waals surface area contributed by atoms with Gasteiger partial charge in [0.2, 0.25) is 10.0 Å². The average Bonchev–Trinajstić information content (AvgIpc) is 2.38. The second-order valence-electron chi connectivity index (χ2n) is 4.71. The Kier molecular flexibility index (Phi) is 4.62. The van der Waals surface area contributed by atoms with Crippen LogP contribution in [-0.4, -0.2) is 8.42 Å². The molecule has 0 unspecified atom stereocenters. The number of aryl methyl sites for hydroxylation is 1. The molecule has 0 aliphatic carbocycles. The van der Waals surface area contributed by atoms with Crippen LogP contribution >= 0.6 is 15.9 Å². The van der Waals surface area contributed by atoms with Gasteiger partial charge in [-0.2, -0.15) is 0 Å². The van der Waals surface area contributed by atoms with Gasteiger partial charge >= 0.3 is 0 Å². The summed E-state index contributed by atoms with van der Waals surface area (Å²) in [6.07, 6.45) is 0. The quantitative estimate of drug-likeness (QED) is 0.908. The van der Waals surface area contributed by atoms with Gasteiger partial charge in [-0.15, -0.1) is 0 Å². The normalized spacial score (nSPS) is 13.2. The molecule has 0 aromatic heterocycles. The van der Waals surface area contributed by atoms with E-state index in [1.807, 2.05) is 38.1 Å². The van der Waals surface area contributed by atoms with E-state index in [1.54, 1.807) is 24.3 Å². The first-order valence-electron chi connectivity index (χ1n) is 6.23. The van der Waals surface area contributed by atoms with E-state index in [2.05, 4.69) is 20.7 Å². The second-order valence-corrected chi connectivity index (χ2v) is 7.34. The molecule has 0 fully saturated rings. The van der Waals surface area contributed by atoms with Gasteiger partial charge in [0.25, 0.3) is 0 Å². The summed E-state index contributed by atoms with van der Waals surface area (Å²) in [5, 5.41) is 0. The lowest BCUT2D eigenvalue weighted by Gasteiger charge is -2.15. The standard InChI is InChI=1S/C15H16BrNO2S/c1-11-6-8-15(9-7-11)20(18,19)17-12(2)13-4-3-5-14(16)10-13/h3-10,12,17H,1-2H3/t12-/m0/s1. The van der Waals surface area contributed by atoms with Crippen LogP contribution in [0.15, 0.2) is 57.9 Å². The molecule has 106 valence electrons. The third-order valence-electron chi connectivity index (χ3n) is 3.01. The van der Waals surface area contributed by atoms with Gasteiger partial charge in [0, 0.05) is 10.5 Å². The largest absolute Gasteiger partial charge is 0.241 e. The molecule has 20 heavy (non-hydrogen) atoms. The topological polar surface area (TPSA) is 46.2 Å². The van der Waals surface area contributed by atoms with E-state index < -0.39 is 10.0 Å². The number of sulfonamides is 1. The van der Waals surface area contributed by atoms with Crippen molar-refractivity contribution in [2.24, 2.45) is 0 Å². The van der Waals surface area contributed by atoms with Crippen LogP contribution in [0, 0.1) is 6.92 Å². The predicted octanol–water partition coefficient (Wildman–Crippen LogP) is 3.80. The zero-order chi connectivity index (χ0) is 14.8. The molecule has 0 radical (unpaired) electrons. The summed E-state index contributed by atoms with van der Waals surface area (Å²) in [6.45, 7) is 3.75. The zero-order valence-corrected chi connectivity index (χ0v) is 13.7.